The number of nitrogens with one attached hydrogen (secondary N) is 1. The van der Waals surface area contributed by atoms with Crippen molar-refractivity contribution in [2.75, 3.05) is 51.3 Å². The van der Waals surface area contributed by atoms with Crippen molar-refractivity contribution >= 4 is 34.0 Å². The Morgan fingerprint density at radius 1 is 1.06 bits per heavy atom. The molecule has 7 nitrogen and oxygen atoms in total. The van der Waals surface area contributed by atoms with Crippen molar-refractivity contribution in [2.24, 2.45) is 7.05 Å². The van der Waals surface area contributed by atoms with Crippen molar-refractivity contribution in [3.05, 3.63) is 59.1 Å². The predicted molar refractivity (Wildman–Crippen MR) is 145 cm³/mol. The molecule has 184 valence electrons. The van der Waals surface area contributed by atoms with Crippen molar-refractivity contribution in [2.45, 2.75) is 13.0 Å². The highest BCUT2D eigenvalue weighted by molar-refractivity contribution is 8.01. The number of piperazine rings is 1. The minimum absolute atomic E-state index is 0.200. The lowest BCUT2D eigenvalue weighted by molar-refractivity contribution is 0.0994. The van der Waals surface area contributed by atoms with E-state index in [4.69, 9.17) is 5.11 Å². The van der Waals surface area contributed by atoms with Crippen LogP contribution in [0.1, 0.15) is 12.6 Å². The number of anilines is 1. The van der Waals surface area contributed by atoms with Crippen LogP contribution in [0.5, 0.6) is 0 Å². The zero-order valence-electron chi connectivity index (χ0n) is 20.5. The number of nitriles is 1. The number of nitrogens with zero attached hydrogens (tertiary/aromatic N) is 4. The van der Waals surface area contributed by atoms with E-state index in [0.29, 0.717) is 4.91 Å². The highest BCUT2D eigenvalue weighted by Gasteiger charge is 2.16. The van der Waals surface area contributed by atoms with Crippen molar-refractivity contribution in [1.29, 1.82) is 5.26 Å². The minimum atomic E-state index is -0.852. The van der Waals surface area contributed by atoms with E-state index in [0.717, 1.165) is 48.7 Å². The Balaban J connectivity index is 1.56. The van der Waals surface area contributed by atoms with Crippen LogP contribution in [-0.4, -0.2) is 72.2 Å². The van der Waals surface area contributed by atoms with Crippen LogP contribution in [-0.2, 0) is 7.05 Å². The van der Waals surface area contributed by atoms with Crippen LogP contribution in [0, 0.1) is 11.3 Å². The number of allylic oxidation sites excluding steroid dienone is 2. The Kier molecular flexibility index (Phi) is 8.16. The van der Waals surface area contributed by atoms with E-state index in [-0.39, 0.29) is 13.2 Å². The van der Waals surface area contributed by atoms with Crippen molar-refractivity contribution in [3.63, 3.8) is 0 Å². The third-order valence-electron chi connectivity index (χ3n) is 6.64. The standard InChI is InChI=1S/C27H33N5O2S/c1-19(27(16-28)35-29-17-24(34)18-33)25-8-9-26(31(25)3)22-5-4-21-15-23(7-6-20(21)14-22)32-12-10-30(2)11-13-32/h4-9,14-15,24,29,33-34H,10-13,17-18H2,1-3H3/b27-19+. The molecular formula is C27H33N5O2S. The molecule has 0 amide bonds. The SMILES string of the molecule is C/C(=C(/C#N)SNCC(O)CO)c1ccc(-c2ccc3cc(N4CCN(C)CC4)ccc3c2)n1C. The largest absolute Gasteiger partial charge is 0.394 e. The summed E-state index contributed by atoms with van der Waals surface area (Å²) in [5.74, 6) is 0. The van der Waals surface area contributed by atoms with Crippen LogP contribution in [0.25, 0.3) is 27.6 Å². The number of hydrogen-bond donors (Lipinski definition) is 3. The second-order valence-electron chi connectivity index (χ2n) is 9.05. The van der Waals surface area contributed by atoms with Gasteiger partial charge < -0.3 is 24.6 Å². The lowest BCUT2D eigenvalue weighted by Crippen LogP contribution is -2.44. The number of benzene rings is 2. The third kappa shape index (κ3) is 5.72. The maximum absolute atomic E-state index is 9.65. The fraction of sp³-hybridized carbons (Fsp3) is 0.370. The molecule has 2 aromatic carbocycles. The van der Waals surface area contributed by atoms with E-state index < -0.39 is 6.10 Å². The van der Waals surface area contributed by atoms with Gasteiger partial charge in [-0.1, -0.05) is 18.2 Å². The first-order valence-electron chi connectivity index (χ1n) is 11.8. The van der Waals surface area contributed by atoms with Gasteiger partial charge in [0, 0.05) is 56.8 Å². The molecule has 3 aromatic rings. The van der Waals surface area contributed by atoms with Gasteiger partial charge in [-0.3, -0.25) is 4.72 Å². The minimum Gasteiger partial charge on any atom is -0.394 e. The van der Waals surface area contributed by atoms with Crippen LogP contribution < -0.4 is 9.62 Å². The molecule has 1 aliphatic rings. The van der Waals surface area contributed by atoms with Crippen molar-refractivity contribution in [3.8, 4) is 17.3 Å². The Hall–Kier alpha value is -2.80. The zero-order chi connectivity index (χ0) is 24.9. The monoisotopic (exact) mass is 491 g/mol. The molecule has 3 N–H and O–H groups in total. The third-order valence-corrected chi connectivity index (χ3v) is 7.55. The molecular weight excluding hydrogens is 458 g/mol. The van der Waals surface area contributed by atoms with Gasteiger partial charge in [-0.2, -0.15) is 5.26 Å². The lowest BCUT2D eigenvalue weighted by atomic mass is 10.0. The molecule has 1 fully saturated rings. The summed E-state index contributed by atoms with van der Waals surface area (Å²) in [6.45, 7) is 6.10. The van der Waals surface area contributed by atoms with Gasteiger partial charge in [0.2, 0.25) is 0 Å². The fourth-order valence-corrected chi connectivity index (χ4v) is 5.13. The van der Waals surface area contributed by atoms with Gasteiger partial charge in [0.25, 0.3) is 0 Å². The number of aromatic nitrogens is 1. The average molecular weight is 492 g/mol. The molecule has 0 spiro atoms. The van der Waals surface area contributed by atoms with Gasteiger partial charge in [-0.05, 0) is 78.2 Å². The first-order chi connectivity index (χ1) is 16.9. The van der Waals surface area contributed by atoms with Crippen molar-refractivity contribution < 1.29 is 10.2 Å². The Labute approximate surface area is 211 Å². The van der Waals surface area contributed by atoms with Crippen LogP contribution in [0.15, 0.2) is 53.4 Å². The van der Waals surface area contributed by atoms with Gasteiger partial charge in [-0.25, -0.2) is 0 Å². The van der Waals surface area contributed by atoms with E-state index in [1.807, 2.05) is 20.0 Å². The average Bonchev–Trinajstić information content (AvgIpc) is 3.27. The molecule has 0 aliphatic carbocycles. The molecule has 8 heteroatoms. The quantitative estimate of drug-likeness (QED) is 0.329. The van der Waals surface area contributed by atoms with E-state index in [2.05, 4.69) is 74.7 Å². The molecule has 4 rings (SSSR count). The van der Waals surface area contributed by atoms with E-state index in [1.54, 1.807) is 0 Å². The summed E-state index contributed by atoms with van der Waals surface area (Å²) in [7, 11) is 4.18. The van der Waals surface area contributed by atoms with Gasteiger partial charge in [0.1, 0.15) is 11.0 Å². The summed E-state index contributed by atoms with van der Waals surface area (Å²) >= 11 is 1.17. The van der Waals surface area contributed by atoms with E-state index in [9.17, 15) is 10.4 Å². The van der Waals surface area contributed by atoms with Crippen LogP contribution in [0.3, 0.4) is 0 Å². The Bertz CT molecular complexity index is 1250. The molecule has 0 radical (unpaired) electrons. The van der Waals surface area contributed by atoms with Crippen LogP contribution in [0.2, 0.25) is 0 Å². The number of fused-ring (bicyclic) bond motifs is 1. The molecule has 0 bridgehead atoms. The Morgan fingerprint density at radius 2 is 1.77 bits per heavy atom. The summed E-state index contributed by atoms with van der Waals surface area (Å²) in [6.07, 6.45) is -0.852. The maximum Gasteiger partial charge on any atom is 0.108 e. The van der Waals surface area contributed by atoms with E-state index >= 15 is 0 Å². The molecule has 1 aliphatic heterocycles. The van der Waals surface area contributed by atoms with Gasteiger partial charge in [-0.15, -0.1) is 0 Å². The number of aliphatic hydroxyl groups is 2. The van der Waals surface area contributed by atoms with E-state index in [1.165, 1.54) is 28.4 Å². The van der Waals surface area contributed by atoms with Gasteiger partial charge in [0.05, 0.1) is 12.7 Å². The van der Waals surface area contributed by atoms with Crippen LogP contribution in [0.4, 0.5) is 5.69 Å². The summed E-state index contributed by atoms with van der Waals surface area (Å²) in [4.78, 5) is 5.35. The molecule has 1 saturated heterocycles. The summed E-state index contributed by atoms with van der Waals surface area (Å²) < 4.78 is 5.06. The van der Waals surface area contributed by atoms with Crippen LogP contribution >= 0.6 is 11.9 Å². The number of aliphatic hydroxyl groups excluding tert-OH is 2. The molecule has 0 saturated carbocycles. The Morgan fingerprint density at radius 3 is 2.49 bits per heavy atom. The normalized spacial score (nSPS) is 16.3. The first-order valence-corrected chi connectivity index (χ1v) is 12.7. The smallest absolute Gasteiger partial charge is 0.108 e. The number of rotatable bonds is 8. The summed E-state index contributed by atoms with van der Waals surface area (Å²) in [6, 6.07) is 19.6. The first kappa shape index (κ1) is 25.3. The van der Waals surface area contributed by atoms with Gasteiger partial charge in [0.15, 0.2) is 0 Å². The number of likely N-dealkylation sites (N-methyl/N-ethyl adjacent to an activating group) is 1. The second-order valence-corrected chi connectivity index (χ2v) is 9.95. The van der Waals surface area contributed by atoms with Gasteiger partial charge >= 0.3 is 0 Å². The zero-order valence-corrected chi connectivity index (χ0v) is 21.3. The topological polar surface area (TPSA) is 87.7 Å². The lowest BCUT2D eigenvalue weighted by Gasteiger charge is -2.34. The van der Waals surface area contributed by atoms with Crippen molar-refractivity contribution in [1.82, 2.24) is 14.2 Å². The summed E-state index contributed by atoms with van der Waals surface area (Å²) in [5.41, 5.74) is 5.30. The maximum atomic E-state index is 9.65. The predicted octanol–water partition coefficient (Wildman–Crippen LogP) is 3.44. The fourth-order valence-electron chi connectivity index (χ4n) is 4.41. The summed E-state index contributed by atoms with van der Waals surface area (Å²) in [5, 5.41) is 30.5. The molecule has 1 atom stereocenters. The molecule has 1 aromatic heterocycles. The second kappa shape index (κ2) is 11.3. The highest BCUT2D eigenvalue weighted by atomic mass is 32.2. The molecule has 35 heavy (non-hydrogen) atoms. The molecule has 2 heterocycles. The molecule has 1 unspecified atom stereocenters. The highest BCUT2D eigenvalue weighted by Crippen LogP contribution is 2.32. The number of hydrogen-bond acceptors (Lipinski definition) is 7.